The lowest BCUT2D eigenvalue weighted by molar-refractivity contribution is 0.259. The standard InChI is InChI=1S/C22H29N3/c1-18-16-19(2)24-22(17-18)23-12-8-21-10-14-25(15-11-21)13-9-20-6-4-3-5-7-20/h3-8,16-17H,9-15H2,1-2H3,(H,23,24). The van der Waals surface area contributed by atoms with Crippen LogP contribution in [0, 0.1) is 13.8 Å². The fourth-order valence-electron chi connectivity index (χ4n) is 3.43. The molecule has 0 radical (unpaired) electrons. The maximum absolute atomic E-state index is 4.53. The van der Waals surface area contributed by atoms with E-state index in [1.165, 1.54) is 43.6 Å². The van der Waals surface area contributed by atoms with Crippen molar-refractivity contribution in [3.8, 4) is 0 Å². The fourth-order valence-corrected chi connectivity index (χ4v) is 3.43. The number of rotatable bonds is 6. The Hall–Kier alpha value is -2.13. The lowest BCUT2D eigenvalue weighted by Crippen LogP contribution is -2.32. The first-order chi connectivity index (χ1) is 12.2. The SMILES string of the molecule is Cc1cc(C)nc(NCC=C2CCN(CCc3ccccc3)CC2)c1. The minimum Gasteiger partial charge on any atom is -0.367 e. The van der Waals surface area contributed by atoms with Gasteiger partial charge in [-0.2, -0.15) is 0 Å². The van der Waals surface area contributed by atoms with Gasteiger partial charge in [-0.05, 0) is 56.4 Å². The Balaban J connectivity index is 1.40. The number of nitrogens with zero attached hydrogens (tertiary/aromatic N) is 2. The average Bonchev–Trinajstić information content (AvgIpc) is 2.61. The second-order valence-corrected chi connectivity index (χ2v) is 6.99. The predicted octanol–water partition coefficient (Wildman–Crippen LogP) is 4.38. The van der Waals surface area contributed by atoms with Gasteiger partial charge >= 0.3 is 0 Å². The van der Waals surface area contributed by atoms with Gasteiger partial charge in [-0.15, -0.1) is 0 Å². The molecule has 3 nitrogen and oxygen atoms in total. The highest BCUT2D eigenvalue weighted by Gasteiger charge is 2.13. The number of benzene rings is 1. The van der Waals surface area contributed by atoms with Gasteiger partial charge in [0.05, 0.1) is 0 Å². The van der Waals surface area contributed by atoms with E-state index in [2.05, 4.69) is 70.7 Å². The van der Waals surface area contributed by atoms with Crippen molar-refractivity contribution in [2.75, 3.05) is 31.5 Å². The summed E-state index contributed by atoms with van der Waals surface area (Å²) in [5, 5.41) is 3.43. The summed E-state index contributed by atoms with van der Waals surface area (Å²) in [6.45, 7) is 8.56. The van der Waals surface area contributed by atoms with Gasteiger partial charge in [0.25, 0.3) is 0 Å². The smallest absolute Gasteiger partial charge is 0.126 e. The molecule has 0 spiro atoms. The second kappa shape index (κ2) is 8.82. The highest BCUT2D eigenvalue weighted by molar-refractivity contribution is 5.39. The van der Waals surface area contributed by atoms with Crippen LogP contribution in [0.1, 0.15) is 29.7 Å². The number of aromatic nitrogens is 1. The summed E-state index contributed by atoms with van der Waals surface area (Å²) < 4.78 is 0. The Bertz CT molecular complexity index is 676. The summed E-state index contributed by atoms with van der Waals surface area (Å²) in [6, 6.07) is 15.0. The minimum atomic E-state index is 0.870. The highest BCUT2D eigenvalue weighted by Crippen LogP contribution is 2.17. The number of likely N-dealkylation sites (tertiary alicyclic amines) is 1. The van der Waals surface area contributed by atoms with E-state index in [1.807, 2.05) is 6.92 Å². The first kappa shape index (κ1) is 17.7. The zero-order valence-corrected chi connectivity index (χ0v) is 15.5. The summed E-state index contributed by atoms with van der Waals surface area (Å²) in [6.07, 6.45) is 5.89. The second-order valence-electron chi connectivity index (χ2n) is 6.99. The van der Waals surface area contributed by atoms with Crippen molar-refractivity contribution < 1.29 is 0 Å². The molecule has 1 aromatic heterocycles. The number of hydrogen-bond acceptors (Lipinski definition) is 3. The number of piperidine rings is 1. The summed E-state index contributed by atoms with van der Waals surface area (Å²) in [5.41, 5.74) is 5.35. The average molecular weight is 335 g/mol. The Kier molecular flexibility index (Phi) is 6.24. The molecule has 0 aliphatic carbocycles. The monoisotopic (exact) mass is 335 g/mol. The maximum atomic E-state index is 4.53. The van der Waals surface area contributed by atoms with Crippen LogP contribution in [0.3, 0.4) is 0 Å². The van der Waals surface area contributed by atoms with E-state index in [0.717, 1.165) is 24.5 Å². The molecule has 0 atom stereocenters. The topological polar surface area (TPSA) is 28.2 Å². The molecule has 1 aliphatic heterocycles. The van der Waals surface area contributed by atoms with Crippen LogP contribution in [0.2, 0.25) is 0 Å². The molecule has 0 unspecified atom stereocenters. The molecule has 1 aliphatic rings. The largest absolute Gasteiger partial charge is 0.367 e. The van der Waals surface area contributed by atoms with E-state index in [0.29, 0.717) is 0 Å². The van der Waals surface area contributed by atoms with Gasteiger partial charge in [0.15, 0.2) is 0 Å². The van der Waals surface area contributed by atoms with Crippen LogP contribution in [-0.2, 0) is 6.42 Å². The molecule has 3 heteroatoms. The number of aryl methyl sites for hydroxylation is 2. The van der Waals surface area contributed by atoms with Crippen LogP contribution in [0.5, 0.6) is 0 Å². The zero-order valence-electron chi connectivity index (χ0n) is 15.5. The quantitative estimate of drug-likeness (QED) is 0.794. The summed E-state index contributed by atoms with van der Waals surface area (Å²) >= 11 is 0. The minimum absolute atomic E-state index is 0.870. The first-order valence-electron chi connectivity index (χ1n) is 9.32. The Morgan fingerprint density at radius 3 is 2.56 bits per heavy atom. The van der Waals surface area contributed by atoms with E-state index in [-0.39, 0.29) is 0 Å². The molecule has 25 heavy (non-hydrogen) atoms. The third-order valence-corrected chi connectivity index (χ3v) is 4.83. The van der Waals surface area contributed by atoms with Gasteiger partial charge in [0.1, 0.15) is 5.82 Å². The normalized spacial score (nSPS) is 15.2. The van der Waals surface area contributed by atoms with E-state index in [1.54, 1.807) is 5.57 Å². The van der Waals surface area contributed by atoms with Gasteiger partial charge in [0, 0.05) is 31.9 Å². The summed E-state index contributed by atoms with van der Waals surface area (Å²) in [7, 11) is 0. The van der Waals surface area contributed by atoms with E-state index < -0.39 is 0 Å². The molecule has 1 saturated heterocycles. The van der Waals surface area contributed by atoms with Crippen LogP contribution in [-0.4, -0.2) is 36.1 Å². The van der Waals surface area contributed by atoms with Crippen molar-refractivity contribution >= 4 is 5.82 Å². The number of nitrogens with one attached hydrogen (secondary N) is 1. The Morgan fingerprint density at radius 1 is 1.08 bits per heavy atom. The van der Waals surface area contributed by atoms with Gasteiger partial charge in [-0.1, -0.05) is 42.0 Å². The van der Waals surface area contributed by atoms with Gasteiger partial charge in [0.2, 0.25) is 0 Å². The molecule has 0 bridgehead atoms. The zero-order chi connectivity index (χ0) is 17.5. The summed E-state index contributed by atoms with van der Waals surface area (Å²) in [4.78, 5) is 7.12. The Morgan fingerprint density at radius 2 is 1.84 bits per heavy atom. The van der Waals surface area contributed by atoms with Crippen LogP contribution < -0.4 is 5.32 Å². The molecule has 0 saturated carbocycles. The third-order valence-electron chi connectivity index (χ3n) is 4.83. The van der Waals surface area contributed by atoms with Crippen LogP contribution in [0.15, 0.2) is 54.1 Å². The van der Waals surface area contributed by atoms with Crippen LogP contribution >= 0.6 is 0 Å². The lowest BCUT2D eigenvalue weighted by atomic mass is 10.0. The van der Waals surface area contributed by atoms with E-state index in [9.17, 15) is 0 Å². The van der Waals surface area contributed by atoms with E-state index >= 15 is 0 Å². The molecule has 0 amide bonds. The molecule has 1 fully saturated rings. The number of pyridine rings is 1. The van der Waals surface area contributed by atoms with Crippen LogP contribution in [0.4, 0.5) is 5.82 Å². The molecular weight excluding hydrogens is 306 g/mol. The predicted molar refractivity (Wildman–Crippen MR) is 106 cm³/mol. The molecule has 2 aromatic rings. The van der Waals surface area contributed by atoms with Crippen LogP contribution in [0.25, 0.3) is 0 Å². The van der Waals surface area contributed by atoms with Crippen molar-refractivity contribution in [3.63, 3.8) is 0 Å². The van der Waals surface area contributed by atoms with Gasteiger partial charge in [-0.3, -0.25) is 0 Å². The van der Waals surface area contributed by atoms with Gasteiger partial charge in [-0.25, -0.2) is 4.98 Å². The van der Waals surface area contributed by atoms with Crippen molar-refractivity contribution in [1.29, 1.82) is 0 Å². The number of hydrogen-bond donors (Lipinski definition) is 1. The molecule has 1 N–H and O–H groups in total. The Labute approximate surface area is 151 Å². The molecule has 132 valence electrons. The van der Waals surface area contributed by atoms with Crippen molar-refractivity contribution in [2.45, 2.75) is 33.1 Å². The molecule has 2 heterocycles. The highest BCUT2D eigenvalue weighted by atomic mass is 15.1. The van der Waals surface area contributed by atoms with Crippen molar-refractivity contribution in [3.05, 3.63) is 70.9 Å². The molecular formula is C22H29N3. The van der Waals surface area contributed by atoms with Crippen molar-refractivity contribution in [1.82, 2.24) is 9.88 Å². The van der Waals surface area contributed by atoms with E-state index in [4.69, 9.17) is 0 Å². The fraction of sp³-hybridized carbons (Fsp3) is 0.409. The maximum Gasteiger partial charge on any atom is 0.126 e. The molecule has 3 rings (SSSR count). The third kappa shape index (κ3) is 5.71. The lowest BCUT2D eigenvalue weighted by Gasteiger charge is -2.28. The van der Waals surface area contributed by atoms with Gasteiger partial charge < -0.3 is 10.2 Å². The summed E-state index contributed by atoms with van der Waals surface area (Å²) in [5.74, 6) is 0.981. The van der Waals surface area contributed by atoms with Crippen molar-refractivity contribution in [2.24, 2.45) is 0 Å². The number of anilines is 1. The first-order valence-corrected chi connectivity index (χ1v) is 9.32. The molecule has 1 aromatic carbocycles.